The number of rotatable bonds is 8. The minimum Gasteiger partial charge on any atom is -0.482 e. The summed E-state index contributed by atoms with van der Waals surface area (Å²) in [7, 11) is 2.09. The van der Waals surface area contributed by atoms with E-state index < -0.39 is 0 Å². The van der Waals surface area contributed by atoms with Crippen LogP contribution in [0.5, 0.6) is 5.75 Å². The molecule has 2 aromatic carbocycles. The van der Waals surface area contributed by atoms with Gasteiger partial charge in [0.25, 0.3) is 5.91 Å². The molecule has 0 aromatic heterocycles. The van der Waals surface area contributed by atoms with E-state index in [1.54, 1.807) is 18.2 Å². The zero-order valence-electron chi connectivity index (χ0n) is 15.3. The van der Waals surface area contributed by atoms with Crippen LogP contribution in [0.15, 0.2) is 42.5 Å². The van der Waals surface area contributed by atoms with Gasteiger partial charge in [-0.2, -0.15) is 0 Å². The smallest absolute Gasteiger partial charge is 0.258 e. The summed E-state index contributed by atoms with van der Waals surface area (Å²) in [4.78, 5) is 14.4. The molecular weight excluding hydrogens is 371 g/mol. The van der Waals surface area contributed by atoms with Crippen molar-refractivity contribution in [3.05, 3.63) is 63.6 Å². The molecule has 140 valence electrons. The number of carbonyl (C=O) groups is 1. The molecule has 0 aliphatic heterocycles. The number of hydrogen-bond acceptors (Lipinski definition) is 3. The van der Waals surface area contributed by atoms with Crippen LogP contribution in [0.2, 0.25) is 10.0 Å². The molecule has 0 fully saturated rings. The Morgan fingerprint density at radius 3 is 2.54 bits per heavy atom. The van der Waals surface area contributed by atoms with Crippen LogP contribution in [0, 0.1) is 0 Å². The molecule has 2 rings (SSSR count). The third-order valence-corrected chi connectivity index (χ3v) is 4.70. The first-order valence-corrected chi connectivity index (χ1v) is 9.24. The van der Waals surface area contributed by atoms with Crippen molar-refractivity contribution in [1.29, 1.82) is 0 Å². The van der Waals surface area contributed by atoms with Gasteiger partial charge in [-0.15, -0.1) is 0 Å². The number of carbonyl (C=O) groups excluding carboxylic acids is 1. The molecule has 0 aliphatic carbocycles. The van der Waals surface area contributed by atoms with Crippen LogP contribution in [0.25, 0.3) is 0 Å². The van der Waals surface area contributed by atoms with E-state index in [2.05, 4.69) is 37.2 Å². The fourth-order valence-corrected chi connectivity index (χ4v) is 2.65. The molecule has 0 bridgehead atoms. The van der Waals surface area contributed by atoms with E-state index in [4.69, 9.17) is 27.9 Å². The van der Waals surface area contributed by atoms with Gasteiger partial charge in [-0.1, -0.05) is 47.5 Å². The van der Waals surface area contributed by atoms with Crippen molar-refractivity contribution < 1.29 is 9.53 Å². The van der Waals surface area contributed by atoms with Crippen LogP contribution in [0.1, 0.15) is 25.0 Å². The molecule has 1 amide bonds. The third kappa shape index (κ3) is 6.20. The van der Waals surface area contributed by atoms with E-state index in [1.807, 2.05) is 18.2 Å². The van der Waals surface area contributed by atoms with Gasteiger partial charge in [-0.25, -0.2) is 0 Å². The summed E-state index contributed by atoms with van der Waals surface area (Å²) in [5, 5.41) is 3.82. The lowest BCUT2D eigenvalue weighted by atomic mass is 10.1. The zero-order valence-corrected chi connectivity index (χ0v) is 16.8. The first kappa shape index (κ1) is 20.6. The Bertz CT molecular complexity index is 750. The molecule has 0 heterocycles. The number of ether oxygens (including phenoxy) is 1. The van der Waals surface area contributed by atoms with Gasteiger partial charge in [-0.3, -0.25) is 9.69 Å². The predicted octanol–water partition coefficient (Wildman–Crippen LogP) is 4.53. The van der Waals surface area contributed by atoms with E-state index in [-0.39, 0.29) is 12.5 Å². The van der Waals surface area contributed by atoms with E-state index in [1.165, 1.54) is 5.56 Å². The Kier molecular flexibility index (Phi) is 7.76. The van der Waals surface area contributed by atoms with Crippen molar-refractivity contribution in [2.45, 2.75) is 33.0 Å². The van der Waals surface area contributed by atoms with Crippen LogP contribution >= 0.6 is 23.2 Å². The maximum absolute atomic E-state index is 12.1. The van der Waals surface area contributed by atoms with Crippen LogP contribution in [0.3, 0.4) is 0 Å². The highest BCUT2D eigenvalue weighted by atomic mass is 35.5. The number of nitrogens with zero attached hydrogens (tertiary/aromatic N) is 1. The summed E-state index contributed by atoms with van der Waals surface area (Å²) in [6.07, 6.45) is 0. The highest BCUT2D eigenvalue weighted by Gasteiger charge is 2.10. The van der Waals surface area contributed by atoms with Crippen molar-refractivity contribution in [2.75, 3.05) is 13.7 Å². The minimum atomic E-state index is -0.215. The van der Waals surface area contributed by atoms with E-state index in [0.717, 1.165) is 12.1 Å². The minimum absolute atomic E-state index is 0.117. The third-order valence-electron chi connectivity index (χ3n) is 4.15. The van der Waals surface area contributed by atoms with Gasteiger partial charge in [0, 0.05) is 30.2 Å². The molecule has 0 saturated carbocycles. The van der Waals surface area contributed by atoms with Crippen LogP contribution in [-0.2, 0) is 17.9 Å². The van der Waals surface area contributed by atoms with E-state index in [0.29, 0.717) is 28.4 Å². The van der Waals surface area contributed by atoms with Crippen molar-refractivity contribution in [3.63, 3.8) is 0 Å². The number of amides is 1. The van der Waals surface area contributed by atoms with Gasteiger partial charge in [0.2, 0.25) is 0 Å². The molecule has 1 N–H and O–H groups in total. The van der Waals surface area contributed by atoms with Gasteiger partial charge < -0.3 is 10.1 Å². The molecule has 0 radical (unpaired) electrons. The maximum Gasteiger partial charge on any atom is 0.258 e. The molecule has 0 unspecified atom stereocenters. The topological polar surface area (TPSA) is 41.6 Å². The second kappa shape index (κ2) is 9.81. The summed E-state index contributed by atoms with van der Waals surface area (Å²) < 4.78 is 5.46. The summed E-state index contributed by atoms with van der Waals surface area (Å²) in [5.41, 5.74) is 2.29. The first-order chi connectivity index (χ1) is 12.4. The van der Waals surface area contributed by atoms with Crippen molar-refractivity contribution in [1.82, 2.24) is 10.2 Å². The van der Waals surface area contributed by atoms with Crippen LogP contribution < -0.4 is 10.1 Å². The van der Waals surface area contributed by atoms with E-state index >= 15 is 0 Å². The fraction of sp³-hybridized carbons (Fsp3) is 0.350. The molecule has 4 nitrogen and oxygen atoms in total. The summed E-state index contributed by atoms with van der Waals surface area (Å²) >= 11 is 11.9. The maximum atomic E-state index is 12.1. The monoisotopic (exact) mass is 394 g/mol. The van der Waals surface area contributed by atoms with Gasteiger partial charge >= 0.3 is 0 Å². The SMILES string of the molecule is CC(C)N(C)Cc1ccccc1CNC(=O)COc1cc(Cl)ccc1Cl. The van der Waals surface area contributed by atoms with Crippen molar-refractivity contribution in [2.24, 2.45) is 0 Å². The lowest BCUT2D eigenvalue weighted by molar-refractivity contribution is -0.123. The Morgan fingerprint density at radius 2 is 1.85 bits per heavy atom. The first-order valence-electron chi connectivity index (χ1n) is 8.48. The lowest BCUT2D eigenvalue weighted by Crippen LogP contribution is -2.30. The van der Waals surface area contributed by atoms with Gasteiger partial charge in [-0.05, 0) is 44.2 Å². The van der Waals surface area contributed by atoms with Crippen LogP contribution in [0.4, 0.5) is 0 Å². The number of halogens is 2. The molecule has 26 heavy (non-hydrogen) atoms. The molecule has 0 spiro atoms. The number of benzene rings is 2. The predicted molar refractivity (Wildman–Crippen MR) is 107 cm³/mol. The lowest BCUT2D eigenvalue weighted by Gasteiger charge is -2.22. The Labute approximate surface area is 165 Å². The normalized spacial score (nSPS) is 11.0. The second-order valence-electron chi connectivity index (χ2n) is 6.42. The zero-order chi connectivity index (χ0) is 19.1. The standard InChI is InChI=1S/C20H24Cl2N2O2/c1-14(2)24(3)12-16-7-5-4-6-15(16)11-23-20(25)13-26-19-10-17(21)8-9-18(19)22/h4-10,14H,11-13H2,1-3H3,(H,23,25). The Hall–Kier alpha value is -1.75. The highest BCUT2D eigenvalue weighted by Crippen LogP contribution is 2.27. The van der Waals surface area contributed by atoms with Gasteiger partial charge in [0.1, 0.15) is 5.75 Å². The van der Waals surface area contributed by atoms with Crippen molar-refractivity contribution >= 4 is 29.1 Å². The van der Waals surface area contributed by atoms with E-state index in [9.17, 15) is 4.79 Å². The average Bonchev–Trinajstić information content (AvgIpc) is 2.61. The number of hydrogen-bond donors (Lipinski definition) is 1. The molecule has 6 heteroatoms. The molecule has 0 atom stereocenters. The van der Waals surface area contributed by atoms with Crippen molar-refractivity contribution in [3.8, 4) is 5.75 Å². The van der Waals surface area contributed by atoms with Gasteiger partial charge in [0.05, 0.1) is 5.02 Å². The van der Waals surface area contributed by atoms with Gasteiger partial charge in [0.15, 0.2) is 6.61 Å². The summed E-state index contributed by atoms with van der Waals surface area (Å²) in [5.74, 6) is 0.182. The Balaban J connectivity index is 1.90. The summed E-state index contributed by atoms with van der Waals surface area (Å²) in [6, 6.07) is 13.4. The molecular formula is C20H24Cl2N2O2. The Morgan fingerprint density at radius 1 is 1.15 bits per heavy atom. The molecule has 0 saturated heterocycles. The van der Waals surface area contributed by atoms with Crippen LogP contribution in [-0.4, -0.2) is 30.5 Å². The quantitative estimate of drug-likeness (QED) is 0.714. The molecule has 2 aromatic rings. The highest BCUT2D eigenvalue weighted by molar-refractivity contribution is 6.34. The largest absolute Gasteiger partial charge is 0.482 e. The molecule has 0 aliphatic rings. The average molecular weight is 395 g/mol. The number of nitrogens with one attached hydrogen (secondary N) is 1. The second-order valence-corrected chi connectivity index (χ2v) is 7.26. The fourth-order valence-electron chi connectivity index (χ4n) is 2.31. The summed E-state index contributed by atoms with van der Waals surface area (Å²) in [6.45, 7) is 5.48.